The molecule has 150 valence electrons. The van der Waals surface area contributed by atoms with Crippen LogP contribution in [0.3, 0.4) is 0 Å². The first kappa shape index (κ1) is 19.9. The van der Waals surface area contributed by atoms with E-state index in [1.807, 2.05) is 31.2 Å². The van der Waals surface area contributed by atoms with Gasteiger partial charge in [0.25, 0.3) is 5.91 Å². The average Bonchev–Trinajstić information content (AvgIpc) is 2.91. The van der Waals surface area contributed by atoms with Gasteiger partial charge in [-0.3, -0.25) is 14.5 Å². The topological polar surface area (TPSA) is 110 Å². The number of hydrogen-bond acceptors (Lipinski definition) is 5. The molecule has 8 nitrogen and oxygen atoms in total. The van der Waals surface area contributed by atoms with Crippen molar-refractivity contribution in [3.05, 3.63) is 35.4 Å². The molecule has 1 fully saturated rings. The van der Waals surface area contributed by atoms with Gasteiger partial charge in [0.05, 0.1) is 12.0 Å². The molecule has 2 aliphatic rings. The lowest BCUT2D eigenvalue weighted by Gasteiger charge is -2.28. The second-order valence-corrected chi connectivity index (χ2v) is 7.22. The summed E-state index contributed by atoms with van der Waals surface area (Å²) in [7, 11) is 0. The van der Waals surface area contributed by atoms with E-state index in [-0.39, 0.29) is 18.9 Å². The maximum Gasteiger partial charge on any atom is 0.327 e. The standard InChI is InChI=1S/C20H25N3O5/c1-2-3-8-15(19(26)27)21-17(24)9-10-22-18(25)16-11-13-6-4-5-7-14(13)12-23(16)20(22)28/h4-7,15-16H,2-3,8-12H2,1H3,(H,21,24)(H,26,27)/p-1/t15-,16-/m0/s1. The predicted octanol–water partition coefficient (Wildman–Crippen LogP) is 0.191. The van der Waals surface area contributed by atoms with Crippen LogP contribution in [0.5, 0.6) is 0 Å². The molecule has 1 aromatic carbocycles. The van der Waals surface area contributed by atoms with Crippen molar-refractivity contribution in [1.82, 2.24) is 15.1 Å². The monoisotopic (exact) mass is 386 g/mol. The normalized spacial score (nSPS) is 19.2. The molecule has 0 spiro atoms. The summed E-state index contributed by atoms with van der Waals surface area (Å²) in [6.07, 6.45) is 2.07. The van der Waals surface area contributed by atoms with E-state index >= 15 is 0 Å². The van der Waals surface area contributed by atoms with Crippen molar-refractivity contribution in [1.29, 1.82) is 0 Å². The lowest BCUT2D eigenvalue weighted by Crippen LogP contribution is -2.48. The largest absolute Gasteiger partial charge is 0.548 e. The van der Waals surface area contributed by atoms with Crippen LogP contribution in [-0.2, 0) is 27.3 Å². The van der Waals surface area contributed by atoms with E-state index < -0.39 is 30.0 Å². The highest BCUT2D eigenvalue weighted by atomic mass is 16.4. The zero-order valence-electron chi connectivity index (χ0n) is 15.8. The molecule has 8 heteroatoms. The summed E-state index contributed by atoms with van der Waals surface area (Å²) >= 11 is 0. The Bertz CT molecular complexity index is 751. The first-order valence-corrected chi connectivity index (χ1v) is 9.61. The van der Waals surface area contributed by atoms with Crippen LogP contribution in [0.1, 0.15) is 43.7 Å². The molecule has 1 saturated heterocycles. The molecule has 2 aliphatic heterocycles. The van der Waals surface area contributed by atoms with Crippen LogP contribution >= 0.6 is 0 Å². The summed E-state index contributed by atoms with van der Waals surface area (Å²) in [5.74, 6) is -2.15. The molecule has 0 saturated carbocycles. The fourth-order valence-corrected chi connectivity index (χ4v) is 3.72. The number of carboxylic acids is 1. The lowest BCUT2D eigenvalue weighted by molar-refractivity contribution is -0.308. The Morgan fingerprint density at radius 2 is 1.96 bits per heavy atom. The van der Waals surface area contributed by atoms with Crippen molar-refractivity contribution in [2.24, 2.45) is 0 Å². The fourth-order valence-electron chi connectivity index (χ4n) is 3.72. The minimum atomic E-state index is -1.33. The van der Waals surface area contributed by atoms with Crippen molar-refractivity contribution in [3.8, 4) is 0 Å². The number of urea groups is 1. The van der Waals surface area contributed by atoms with Gasteiger partial charge in [0.15, 0.2) is 0 Å². The highest BCUT2D eigenvalue weighted by Crippen LogP contribution is 2.29. The van der Waals surface area contributed by atoms with Gasteiger partial charge in [0, 0.05) is 25.9 Å². The number of benzene rings is 1. The number of nitrogens with zero attached hydrogens (tertiary/aromatic N) is 2. The van der Waals surface area contributed by atoms with Gasteiger partial charge in [-0.1, -0.05) is 44.0 Å². The molecule has 28 heavy (non-hydrogen) atoms. The third kappa shape index (κ3) is 4.00. The summed E-state index contributed by atoms with van der Waals surface area (Å²) < 4.78 is 0. The van der Waals surface area contributed by atoms with Gasteiger partial charge >= 0.3 is 6.03 Å². The summed E-state index contributed by atoms with van der Waals surface area (Å²) in [5.41, 5.74) is 2.07. The molecular formula is C20H24N3O5-. The van der Waals surface area contributed by atoms with Gasteiger partial charge in [-0.15, -0.1) is 0 Å². The molecular weight excluding hydrogens is 362 g/mol. The van der Waals surface area contributed by atoms with Gasteiger partial charge in [-0.2, -0.15) is 0 Å². The molecule has 3 rings (SSSR count). The quantitative estimate of drug-likeness (QED) is 0.642. The smallest absolute Gasteiger partial charge is 0.327 e. The van der Waals surface area contributed by atoms with Crippen LogP contribution < -0.4 is 10.4 Å². The zero-order chi connectivity index (χ0) is 20.3. The number of unbranched alkanes of at least 4 members (excludes halogenated alkanes) is 1. The molecule has 0 radical (unpaired) electrons. The van der Waals surface area contributed by atoms with Crippen molar-refractivity contribution in [2.75, 3.05) is 6.54 Å². The number of carboxylic acid groups (broad SMARTS) is 1. The number of carbonyl (C=O) groups is 4. The Morgan fingerprint density at radius 3 is 2.64 bits per heavy atom. The lowest BCUT2D eigenvalue weighted by atomic mass is 9.95. The van der Waals surface area contributed by atoms with Crippen LogP contribution in [0.25, 0.3) is 0 Å². The Labute approximate surface area is 163 Å². The highest BCUT2D eigenvalue weighted by Gasteiger charge is 2.46. The summed E-state index contributed by atoms with van der Waals surface area (Å²) in [4.78, 5) is 51.2. The number of amides is 4. The SMILES string of the molecule is CCCC[C@H](NC(=O)CCN1C(=O)[C@@H]2Cc3ccccc3CN2C1=O)C(=O)[O-]. The van der Waals surface area contributed by atoms with E-state index in [0.29, 0.717) is 25.8 Å². The fraction of sp³-hybridized carbons (Fsp3) is 0.500. The van der Waals surface area contributed by atoms with Crippen LogP contribution in [-0.4, -0.2) is 52.2 Å². The van der Waals surface area contributed by atoms with E-state index in [1.54, 1.807) is 0 Å². The van der Waals surface area contributed by atoms with Crippen molar-refractivity contribution >= 4 is 23.8 Å². The summed E-state index contributed by atoms with van der Waals surface area (Å²) in [6.45, 7) is 2.23. The Morgan fingerprint density at radius 1 is 1.25 bits per heavy atom. The van der Waals surface area contributed by atoms with Gasteiger partial charge in [-0.25, -0.2) is 4.79 Å². The second kappa shape index (κ2) is 8.41. The molecule has 0 aliphatic carbocycles. The Kier molecular flexibility index (Phi) is 5.96. The minimum absolute atomic E-state index is 0.0691. The van der Waals surface area contributed by atoms with Gasteiger partial charge < -0.3 is 20.1 Å². The predicted molar refractivity (Wildman–Crippen MR) is 97.7 cm³/mol. The number of fused-ring (bicyclic) bond motifs is 2. The summed E-state index contributed by atoms with van der Waals surface area (Å²) in [5, 5.41) is 13.6. The third-order valence-electron chi connectivity index (χ3n) is 5.30. The van der Waals surface area contributed by atoms with Crippen LogP contribution in [0, 0.1) is 0 Å². The number of rotatable bonds is 8. The van der Waals surface area contributed by atoms with E-state index in [1.165, 1.54) is 4.90 Å². The maximum absolute atomic E-state index is 12.7. The Hall–Kier alpha value is -2.90. The minimum Gasteiger partial charge on any atom is -0.548 e. The molecule has 0 unspecified atom stereocenters. The van der Waals surface area contributed by atoms with Crippen molar-refractivity contribution in [2.45, 2.75) is 57.7 Å². The van der Waals surface area contributed by atoms with Crippen molar-refractivity contribution < 1.29 is 24.3 Å². The second-order valence-electron chi connectivity index (χ2n) is 7.22. The number of carbonyl (C=O) groups excluding carboxylic acids is 4. The number of hydrogen-bond donors (Lipinski definition) is 1. The number of aliphatic carboxylic acids is 1. The summed E-state index contributed by atoms with van der Waals surface area (Å²) in [6, 6.07) is 5.70. The van der Waals surface area contributed by atoms with E-state index in [2.05, 4.69) is 5.32 Å². The van der Waals surface area contributed by atoms with Crippen LogP contribution in [0.15, 0.2) is 24.3 Å². The molecule has 0 aromatic heterocycles. The average molecular weight is 386 g/mol. The van der Waals surface area contributed by atoms with Crippen molar-refractivity contribution in [3.63, 3.8) is 0 Å². The highest BCUT2D eigenvalue weighted by molar-refractivity contribution is 6.04. The van der Waals surface area contributed by atoms with E-state index in [0.717, 1.165) is 22.4 Å². The molecule has 0 bridgehead atoms. The first-order chi connectivity index (χ1) is 13.4. The maximum atomic E-state index is 12.7. The van der Waals surface area contributed by atoms with Crippen LogP contribution in [0.4, 0.5) is 4.79 Å². The zero-order valence-corrected chi connectivity index (χ0v) is 15.8. The van der Waals surface area contributed by atoms with Gasteiger partial charge in [0.2, 0.25) is 5.91 Å². The van der Waals surface area contributed by atoms with Gasteiger partial charge in [0.1, 0.15) is 6.04 Å². The van der Waals surface area contributed by atoms with E-state index in [9.17, 15) is 24.3 Å². The number of imide groups is 1. The molecule has 1 aromatic rings. The first-order valence-electron chi connectivity index (χ1n) is 9.61. The van der Waals surface area contributed by atoms with E-state index in [4.69, 9.17) is 0 Å². The number of nitrogens with one attached hydrogen (secondary N) is 1. The molecule has 4 amide bonds. The molecule has 2 heterocycles. The Balaban J connectivity index is 1.58. The molecule has 1 N–H and O–H groups in total. The van der Waals surface area contributed by atoms with Crippen LogP contribution in [0.2, 0.25) is 0 Å². The third-order valence-corrected chi connectivity index (χ3v) is 5.30. The molecule has 2 atom stereocenters. The van der Waals surface area contributed by atoms with Gasteiger partial charge in [-0.05, 0) is 17.5 Å².